The van der Waals surface area contributed by atoms with Gasteiger partial charge in [0.1, 0.15) is 0 Å². The van der Waals surface area contributed by atoms with Crippen LogP contribution in [0.3, 0.4) is 0 Å². The maximum absolute atomic E-state index is 5.94. The van der Waals surface area contributed by atoms with Crippen molar-refractivity contribution in [2.75, 3.05) is 19.7 Å². The molecule has 0 radical (unpaired) electrons. The molecular weight excluding hydrogens is 162 g/mol. The van der Waals surface area contributed by atoms with E-state index in [4.69, 9.17) is 4.74 Å². The maximum atomic E-state index is 5.94. The third-order valence-electron chi connectivity index (χ3n) is 3.73. The van der Waals surface area contributed by atoms with E-state index in [2.05, 4.69) is 12.2 Å². The summed E-state index contributed by atoms with van der Waals surface area (Å²) in [6.07, 6.45) is 6.65. The monoisotopic (exact) mass is 183 g/mol. The lowest BCUT2D eigenvalue weighted by molar-refractivity contribution is -0.0947. The number of ether oxygens (including phenoxy) is 1. The number of morpholine rings is 1. The van der Waals surface area contributed by atoms with Gasteiger partial charge in [0.25, 0.3) is 0 Å². The second kappa shape index (κ2) is 3.97. The Balaban J connectivity index is 1.87. The molecule has 1 aliphatic heterocycles. The van der Waals surface area contributed by atoms with E-state index in [1.165, 1.54) is 32.1 Å². The standard InChI is InChI=1S/C11H21NO/c1-2-10-3-5-11(6-4-10)9-12-7-8-13-11/h10,12H,2-9H2,1H3. The first-order chi connectivity index (χ1) is 6.35. The molecule has 0 aromatic carbocycles. The van der Waals surface area contributed by atoms with E-state index >= 15 is 0 Å². The molecule has 2 fully saturated rings. The van der Waals surface area contributed by atoms with Crippen molar-refractivity contribution in [3.05, 3.63) is 0 Å². The van der Waals surface area contributed by atoms with Crippen LogP contribution in [0.25, 0.3) is 0 Å². The van der Waals surface area contributed by atoms with Gasteiger partial charge in [0.05, 0.1) is 12.2 Å². The Kier molecular flexibility index (Phi) is 2.89. The molecule has 1 saturated carbocycles. The summed E-state index contributed by atoms with van der Waals surface area (Å²) in [5.41, 5.74) is 0.226. The van der Waals surface area contributed by atoms with Gasteiger partial charge in [-0.2, -0.15) is 0 Å². The van der Waals surface area contributed by atoms with Crippen molar-refractivity contribution in [3.63, 3.8) is 0 Å². The van der Waals surface area contributed by atoms with Crippen molar-refractivity contribution in [2.24, 2.45) is 5.92 Å². The number of hydrogen-bond donors (Lipinski definition) is 1. The molecule has 0 aromatic heterocycles. The molecule has 2 nitrogen and oxygen atoms in total. The van der Waals surface area contributed by atoms with E-state index < -0.39 is 0 Å². The van der Waals surface area contributed by atoms with Crippen LogP contribution < -0.4 is 5.32 Å². The van der Waals surface area contributed by atoms with Crippen molar-refractivity contribution in [1.29, 1.82) is 0 Å². The minimum Gasteiger partial charge on any atom is -0.372 e. The highest BCUT2D eigenvalue weighted by Crippen LogP contribution is 2.36. The van der Waals surface area contributed by atoms with Crippen molar-refractivity contribution in [2.45, 2.75) is 44.6 Å². The minimum absolute atomic E-state index is 0.226. The Morgan fingerprint density at radius 3 is 2.69 bits per heavy atom. The Morgan fingerprint density at radius 1 is 1.38 bits per heavy atom. The lowest BCUT2D eigenvalue weighted by Gasteiger charge is -2.42. The predicted octanol–water partition coefficient (Wildman–Crippen LogP) is 1.95. The lowest BCUT2D eigenvalue weighted by Crippen LogP contribution is -2.51. The summed E-state index contributed by atoms with van der Waals surface area (Å²) >= 11 is 0. The van der Waals surface area contributed by atoms with Gasteiger partial charge in [-0.1, -0.05) is 13.3 Å². The molecule has 1 heterocycles. The Bertz CT molecular complexity index is 153. The second-order valence-corrected chi connectivity index (χ2v) is 4.56. The zero-order valence-electron chi connectivity index (χ0n) is 8.64. The van der Waals surface area contributed by atoms with Crippen molar-refractivity contribution in [3.8, 4) is 0 Å². The molecule has 2 aliphatic rings. The smallest absolute Gasteiger partial charge is 0.0807 e. The molecule has 0 amide bonds. The Labute approximate surface area is 81.0 Å². The normalized spacial score (nSPS) is 40.8. The summed E-state index contributed by atoms with van der Waals surface area (Å²) in [5.74, 6) is 0.969. The first-order valence-corrected chi connectivity index (χ1v) is 5.69. The largest absolute Gasteiger partial charge is 0.372 e. The van der Waals surface area contributed by atoms with E-state index in [0.29, 0.717) is 0 Å². The van der Waals surface area contributed by atoms with E-state index in [1.807, 2.05) is 0 Å². The summed E-state index contributed by atoms with van der Waals surface area (Å²) in [5, 5.41) is 3.45. The van der Waals surface area contributed by atoms with Crippen molar-refractivity contribution >= 4 is 0 Å². The molecule has 76 valence electrons. The van der Waals surface area contributed by atoms with Gasteiger partial charge in [0, 0.05) is 13.1 Å². The third kappa shape index (κ3) is 2.05. The summed E-state index contributed by atoms with van der Waals surface area (Å²) in [4.78, 5) is 0. The predicted molar refractivity (Wildman–Crippen MR) is 53.8 cm³/mol. The van der Waals surface area contributed by atoms with Crippen LogP contribution in [0.2, 0.25) is 0 Å². The molecule has 0 unspecified atom stereocenters. The van der Waals surface area contributed by atoms with Crippen LogP contribution in [-0.4, -0.2) is 25.3 Å². The third-order valence-corrected chi connectivity index (χ3v) is 3.73. The zero-order valence-corrected chi connectivity index (χ0v) is 8.64. The van der Waals surface area contributed by atoms with Crippen LogP contribution in [0.5, 0.6) is 0 Å². The van der Waals surface area contributed by atoms with Crippen LogP contribution in [0.15, 0.2) is 0 Å². The highest BCUT2D eigenvalue weighted by molar-refractivity contribution is 4.90. The van der Waals surface area contributed by atoms with Crippen LogP contribution in [0, 0.1) is 5.92 Å². The van der Waals surface area contributed by atoms with E-state index in [1.54, 1.807) is 0 Å². The lowest BCUT2D eigenvalue weighted by atomic mass is 9.77. The summed E-state index contributed by atoms with van der Waals surface area (Å²) < 4.78 is 5.94. The van der Waals surface area contributed by atoms with Gasteiger partial charge in [0.2, 0.25) is 0 Å². The second-order valence-electron chi connectivity index (χ2n) is 4.56. The quantitative estimate of drug-likeness (QED) is 0.671. The molecule has 2 heteroatoms. The maximum Gasteiger partial charge on any atom is 0.0807 e. The fraction of sp³-hybridized carbons (Fsp3) is 1.00. The molecule has 1 N–H and O–H groups in total. The van der Waals surface area contributed by atoms with Crippen LogP contribution in [-0.2, 0) is 4.74 Å². The zero-order chi connectivity index (χ0) is 9.15. The van der Waals surface area contributed by atoms with Gasteiger partial charge >= 0.3 is 0 Å². The van der Waals surface area contributed by atoms with Gasteiger partial charge in [0.15, 0.2) is 0 Å². The average Bonchev–Trinajstić information content (AvgIpc) is 2.20. The summed E-state index contributed by atoms with van der Waals surface area (Å²) in [6.45, 7) is 5.35. The number of nitrogens with one attached hydrogen (secondary N) is 1. The Morgan fingerprint density at radius 2 is 2.15 bits per heavy atom. The van der Waals surface area contributed by atoms with Gasteiger partial charge in [-0.05, 0) is 31.6 Å². The van der Waals surface area contributed by atoms with Crippen LogP contribution in [0.4, 0.5) is 0 Å². The highest BCUT2D eigenvalue weighted by Gasteiger charge is 2.36. The highest BCUT2D eigenvalue weighted by atomic mass is 16.5. The topological polar surface area (TPSA) is 21.3 Å². The van der Waals surface area contributed by atoms with Gasteiger partial charge in [-0.25, -0.2) is 0 Å². The molecule has 1 aliphatic carbocycles. The molecule has 1 spiro atoms. The molecule has 0 bridgehead atoms. The molecule has 1 saturated heterocycles. The molecule has 0 aromatic rings. The fourth-order valence-corrected chi connectivity index (χ4v) is 2.64. The Hall–Kier alpha value is -0.0800. The van der Waals surface area contributed by atoms with Gasteiger partial charge in [-0.3, -0.25) is 0 Å². The first-order valence-electron chi connectivity index (χ1n) is 5.69. The summed E-state index contributed by atoms with van der Waals surface area (Å²) in [7, 11) is 0. The number of rotatable bonds is 1. The average molecular weight is 183 g/mol. The SMILES string of the molecule is CCC1CCC2(CC1)CNCCO2. The molecular formula is C11H21NO. The van der Waals surface area contributed by atoms with Crippen molar-refractivity contribution < 1.29 is 4.74 Å². The van der Waals surface area contributed by atoms with Crippen molar-refractivity contribution in [1.82, 2.24) is 5.32 Å². The van der Waals surface area contributed by atoms with Crippen LogP contribution >= 0.6 is 0 Å². The summed E-state index contributed by atoms with van der Waals surface area (Å²) in [6, 6.07) is 0. The van der Waals surface area contributed by atoms with Gasteiger partial charge in [-0.15, -0.1) is 0 Å². The first kappa shape index (κ1) is 9.47. The number of hydrogen-bond acceptors (Lipinski definition) is 2. The fourth-order valence-electron chi connectivity index (χ4n) is 2.64. The van der Waals surface area contributed by atoms with Crippen LogP contribution in [0.1, 0.15) is 39.0 Å². The molecule has 2 rings (SSSR count). The van der Waals surface area contributed by atoms with E-state index in [9.17, 15) is 0 Å². The molecule has 0 atom stereocenters. The van der Waals surface area contributed by atoms with E-state index in [-0.39, 0.29) is 5.60 Å². The van der Waals surface area contributed by atoms with E-state index in [0.717, 1.165) is 25.6 Å². The molecule has 13 heavy (non-hydrogen) atoms. The van der Waals surface area contributed by atoms with Gasteiger partial charge < -0.3 is 10.1 Å². The minimum atomic E-state index is 0.226.